The van der Waals surface area contributed by atoms with Gasteiger partial charge in [0.15, 0.2) is 0 Å². The number of hydrogen-bond donors (Lipinski definition) is 0. The first-order valence-electron chi connectivity index (χ1n) is 12.9. The number of para-hydroxylation sites is 3. The molecule has 0 aliphatic heterocycles. The molecule has 2 heteroatoms. The summed E-state index contributed by atoms with van der Waals surface area (Å²) < 4.78 is 6.43. The van der Waals surface area contributed by atoms with Gasteiger partial charge in [-0.1, -0.05) is 97.1 Å². The van der Waals surface area contributed by atoms with E-state index in [1.807, 2.05) is 24.3 Å². The summed E-state index contributed by atoms with van der Waals surface area (Å²) in [7, 11) is 0. The lowest BCUT2D eigenvalue weighted by Gasteiger charge is -2.25. The standard InChI is InChI=1S/C36H25NO/c1-4-12-26(13-5-1)28-24-33(36-34(25-28)32-18-10-11-19-35(32)38-36)27-20-22-31(23-21-27)37(29-14-6-2-7-15-29)30-16-8-3-9-17-30/h1-25H. The first-order chi connectivity index (χ1) is 18.8. The summed E-state index contributed by atoms with van der Waals surface area (Å²) in [5.41, 5.74) is 9.76. The van der Waals surface area contributed by atoms with Crippen LogP contribution in [0.1, 0.15) is 0 Å². The Morgan fingerprint density at radius 3 is 1.61 bits per heavy atom. The average molecular weight is 488 g/mol. The van der Waals surface area contributed by atoms with Crippen LogP contribution in [-0.4, -0.2) is 0 Å². The number of furan rings is 1. The number of nitrogens with zero attached hydrogens (tertiary/aromatic N) is 1. The van der Waals surface area contributed by atoms with Gasteiger partial charge in [-0.25, -0.2) is 0 Å². The molecule has 1 aromatic heterocycles. The Balaban J connectivity index is 1.39. The molecule has 1 heterocycles. The topological polar surface area (TPSA) is 16.4 Å². The molecule has 0 radical (unpaired) electrons. The quantitative estimate of drug-likeness (QED) is 0.240. The van der Waals surface area contributed by atoms with Crippen molar-refractivity contribution in [3.05, 3.63) is 152 Å². The summed E-state index contributed by atoms with van der Waals surface area (Å²) >= 11 is 0. The second-order valence-corrected chi connectivity index (χ2v) is 9.42. The minimum Gasteiger partial charge on any atom is -0.455 e. The summed E-state index contributed by atoms with van der Waals surface area (Å²) in [6.45, 7) is 0. The van der Waals surface area contributed by atoms with E-state index in [0.29, 0.717) is 0 Å². The van der Waals surface area contributed by atoms with Crippen LogP contribution in [-0.2, 0) is 0 Å². The van der Waals surface area contributed by atoms with Gasteiger partial charge in [0.2, 0.25) is 0 Å². The van der Waals surface area contributed by atoms with Crippen molar-refractivity contribution in [3.63, 3.8) is 0 Å². The lowest BCUT2D eigenvalue weighted by Crippen LogP contribution is -2.09. The molecule has 0 aliphatic carbocycles. The van der Waals surface area contributed by atoms with Crippen LogP contribution in [0.4, 0.5) is 17.1 Å². The van der Waals surface area contributed by atoms with Crippen molar-refractivity contribution >= 4 is 39.0 Å². The van der Waals surface area contributed by atoms with Crippen molar-refractivity contribution < 1.29 is 4.42 Å². The second-order valence-electron chi connectivity index (χ2n) is 9.42. The van der Waals surface area contributed by atoms with Crippen LogP contribution in [0.25, 0.3) is 44.2 Å². The van der Waals surface area contributed by atoms with Gasteiger partial charge < -0.3 is 9.32 Å². The van der Waals surface area contributed by atoms with Gasteiger partial charge in [-0.05, 0) is 71.3 Å². The molecular formula is C36H25NO. The van der Waals surface area contributed by atoms with Gasteiger partial charge in [-0.2, -0.15) is 0 Å². The summed E-state index contributed by atoms with van der Waals surface area (Å²) in [6.07, 6.45) is 0. The molecule has 0 unspecified atom stereocenters. The van der Waals surface area contributed by atoms with Crippen molar-refractivity contribution in [2.45, 2.75) is 0 Å². The van der Waals surface area contributed by atoms with E-state index in [9.17, 15) is 0 Å². The average Bonchev–Trinajstić information content (AvgIpc) is 3.38. The molecule has 7 aromatic rings. The highest BCUT2D eigenvalue weighted by Crippen LogP contribution is 2.41. The van der Waals surface area contributed by atoms with Crippen molar-refractivity contribution in [2.75, 3.05) is 4.90 Å². The van der Waals surface area contributed by atoms with E-state index < -0.39 is 0 Å². The first kappa shape index (κ1) is 22.1. The van der Waals surface area contributed by atoms with E-state index in [0.717, 1.165) is 50.1 Å². The normalized spacial score (nSPS) is 11.2. The van der Waals surface area contributed by atoms with Crippen molar-refractivity contribution in [1.82, 2.24) is 0 Å². The largest absolute Gasteiger partial charge is 0.455 e. The van der Waals surface area contributed by atoms with Crippen LogP contribution in [0.3, 0.4) is 0 Å². The van der Waals surface area contributed by atoms with E-state index in [2.05, 4.69) is 132 Å². The molecular weight excluding hydrogens is 462 g/mol. The zero-order chi connectivity index (χ0) is 25.3. The molecule has 38 heavy (non-hydrogen) atoms. The highest BCUT2D eigenvalue weighted by molar-refractivity contribution is 6.11. The lowest BCUT2D eigenvalue weighted by molar-refractivity contribution is 0.670. The van der Waals surface area contributed by atoms with E-state index in [1.165, 1.54) is 11.1 Å². The fraction of sp³-hybridized carbons (Fsp3) is 0. The number of rotatable bonds is 5. The summed E-state index contributed by atoms with van der Waals surface area (Å²) in [5.74, 6) is 0. The van der Waals surface area contributed by atoms with E-state index in [4.69, 9.17) is 4.42 Å². The molecule has 180 valence electrons. The molecule has 0 amide bonds. The SMILES string of the molecule is c1ccc(-c2cc(-c3ccc(N(c4ccccc4)c4ccccc4)cc3)c3oc4ccccc4c3c2)cc1. The summed E-state index contributed by atoms with van der Waals surface area (Å²) in [4.78, 5) is 2.28. The molecule has 0 atom stereocenters. The lowest BCUT2D eigenvalue weighted by atomic mass is 9.95. The second kappa shape index (κ2) is 9.42. The van der Waals surface area contributed by atoms with E-state index >= 15 is 0 Å². The minimum atomic E-state index is 0.907. The maximum Gasteiger partial charge on any atom is 0.143 e. The van der Waals surface area contributed by atoms with Crippen LogP contribution in [0.15, 0.2) is 156 Å². The van der Waals surface area contributed by atoms with E-state index in [1.54, 1.807) is 0 Å². The van der Waals surface area contributed by atoms with Crippen molar-refractivity contribution in [1.29, 1.82) is 0 Å². The van der Waals surface area contributed by atoms with Gasteiger partial charge in [0, 0.05) is 33.4 Å². The van der Waals surface area contributed by atoms with E-state index in [-0.39, 0.29) is 0 Å². The Morgan fingerprint density at radius 2 is 0.947 bits per heavy atom. The van der Waals surface area contributed by atoms with Gasteiger partial charge in [0.1, 0.15) is 11.2 Å². The molecule has 0 saturated carbocycles. The predicted octanol–water partition coefficient (Wildman–Crippen LogP) is 10.4. The molecule has 7 rings (SSSR count). The number of hydrogen-bond acceptors (Lipinski definition) is 2. The molecule has 6 aromatic carbocycles. The van der Waals surface area contributed by atoms with Crippen LogP contribution in [0.5, 0.6) is 0 Å². The zero-order valence-corrected chi connectivity index (χ0v) is 20.8. The Hall–Kier alpha value is -5.08. The number of benzene rings is 6. The third kappa shape index (κ3) is 3.93. The molecule has 0 aliphatic rings. The molecule has 0 spiro atoms. The Kier molecular flexibility index (Phi) is 5.49. The Morgan fingerprint density at radius 1 is 0.395 bits per heavy atom. The fourth-order valence-corrected chi connectivity index (χ4v) is 5.23. The van der Waals surface area contributed by atoms with Crippen LogP contribution in [0.2, 0.25) is 0 Å². The summed E-state index contributed by atoms with van der Waals surface area (Å²) in [5, 5.41) is 2.27. The molecule has 0 bridgehead atoms. The molecule has 0 fully saturated rings. The van der Waals surface area contributed by atoms with Crippen molar-refractivity contribution in [3.8, 4) is 22.3 Å². The van der Waals surface area contributed by atoms with Crippen LogP contribution < -0.4 is 4.90 Å². The number of fused-ring (bicyclic) bond motifs is 3. The van der Waals surface area contributed by atoms with Crippen molar-refractivity contribution in [2.24, 2.45) is 0 Å². The molecule has 0 saturated heterocycles. The zero-order valence-electron chi connectivity index (χ0n) is 20.8. The van der Waals surface area contributed by atoms with Gasteiger partial charge in [-0.3, -0.25) is 0 Å². The monoisotopic (exact) mass is 487 g/mol. The predicted molar refractivity (Wildman–Crippen MR) is 159 cm³/mol. The molecule has 0 N–H and O–H groups in total. The van der Waals surface area contributed by atoms with Gasteiger partial charge in [0.05, 0.1) is 0 Å². The summed E-state index contributed by atoms with van der Waals surface area (Å²) in [6, 6.07) is 53.1. The third-order valence-electron chi connectivity index (χ3n) is 7.05. The Labute approximate surface area is 222 Å². The van der Waals surface area contributed by atoms with Gasteiger partial charge in [-0.15, -0.1) is 0 Å². The Bertz CT molecular complexity index is 1800. The number of anilines is 3. The van der Waals surface area contributed by atoms with Crippen LogP contribution in [0, 0.1) is 0 Å². The highest BCUT2D eigenvalue weighted by Gasteiger charge is 2.16. The van der Waals surface area contributed by atoms with Crippen LogP contribution >= 0.6 is 0 Å². The van der Waals surface area contributed by atoms with Gasteiger partial charge in [0.25, 0.3) is 0 Å². The maximum atomic E-state index is 6.43. The first-order valence-corrected chi connectivity index (χ1v) is 12.9. The fourth-order valence-electron chi connectivity index (χ4n) is 5.23. The maximum absolute atomic E-state index is 6.43. The molecule has 2 nitrogen and oxygen atoms in total. The van der Waals surface area contributed by atoms with Gasteiger partial charge >= 0.3 is 0 Å². The smallest absolute Gasteiger partial charge is 0.143 e. The third-order valence-corrected chi connectivity index (χ3v) is 7.05. The highest BCUT2D eigenvalue weighted by atomic mass is 16.3. The minimum absolute atomic E-state index is 0.907.